The second-order valence-electron chi connectivity index (χ2n) is 5.06. The molecule has 2 aromatic rings. The highest BCUT2D eigenvalue weighted by atomic mass is 16.5. The lowest BCUT2D eigenvalue weighted by atomic mass is 10.1. The van der Waals surface area contributed by atoms with Crippen LogP contribution in [0.2, 0.25) is 0 Å². The number of aromatic nitrogens is 4. The molecule has 21 heavy (non-hydrogen) atoms. The molecule has 7 heteroatoms. The van der Waals surface area contributed by atoms with Crippen LogP contribution in [-0.2, 0) is 22.6 Å². The number of aromatic amines is 1. The van der Waals surface area contributed by atoms with Crippen molar-refractivity contribution < 1.29 is 9.47 Å². The largest absolute Gasteiger partial charge is 0.381 e. The minimum Gasteiger partial charge on any atom is -0.381 e. The summed E-state index contributed by atoms with van der Waals surface area (Å²) in [6, 6.07) is 3.97. The SMILES string of the molecule is COCc1cc(CNc2cc([C@H]3CCOC3)ncn2)[nH]n1. The summed E-state index contributed by atoms with van der Waals surface area (Å²) < 4.78 is 10.4. The Kier molecular flexibility index (Phi) is 4.42. The van der Waals surface area contributed by atoms with E-state index in [1.807, 2.05) is 12.1 Å². The lowest BCUT2D eigenvalue weighted by Crippen LogP contribution is -2.06. The van der Waals surface area contributed by atoms with Gasteiger partial charge < -0.3 is 14.8 Å². The van der Waals surface area contributed by atoms with Crippen molar-refractivity contribution in [2.24, 2.45) is 0 Å². The minimum atomic E-state index is 0.383. The smallest absolute Gasteiger partial charge is 0.129 e. The van der Waals surface area contributed by atoms with E-state index in [9.17, 15) is 0 Å². The summed E-state index contributed by atoms with van der Waals surface area (Å²) in [5, 5.41) is 10.4. The van der Waals surface area contributed by atoms with Gasteiger partial charge in [-0.05, 0) is 12.5 Å². The molecule has 0 saturated carbocycles. The van der Waals surface area contributed by atoms with Gasteiger partial charge in [-0.25, -0.2) is 9.97 Å². The molecule has 1 fully saturated rings. The highest BCUT2D eigenvalue weighted by molar-refractivity contribution is 5.36. The fourth-order valence-corrected chi connectivity index (χ4v) is 2.37. The van der Waals surface area contributed by atoms with Crippen molar-refractivity contribution in [1.82, 2.24) is 20.2 Å². The van der Waals surface area contributed by atoms with Crippen LogP contribution in [0.25, 0.3) is 0 Å². The lowest BCUT2D eigenvalue weighted by molar-refractivity contribution is 0.181. The average molecular weight is 289 g/mol. The lowest BCUT2D eigenvalue weighted by Gasteiger charge is -2.09. The van der Waals surface area contributed by atoms with Crippen LogP contribution in [0.15, 0.2) is 18.5 Å². The molecule has 0 aromatic carbocycles. The Morgan fingerprint density at radius 3 is 3.19 bits per heavy atom. The molecule has 0 unspecified atom stereocenters. The maximum absolute atomic E-state index is 5.40. The van der Waals surface area contributed by atoms with Crippen LogP contribution in [0, 0.1) is 0 Å². The first-order valence-corrected chi connectivity index (χ1v) is 7.01. The molecule has 0 spiro atoms. The number of H-pyrrole nitrogens is 1. The molecule has 3 rings (SSSR count). The van der Waals surface area contributed by atoms with Crippen LogP contribution in [0.1, 0.15) is 29.4 Å². The predicted molar refractivity (Wildman–Crippen MR) is 76.8 cm³/mol. The molecule has 0 radical (unpaired) electrons. The summed E-state index contributed by atoms with van der Waals surface area (Å²) >= 11 is 0. The number of nitrogens with zero attached hydrogens (tertiary/aromatic N) is 3. The Morgan fingerprint density at radius 2 is 2.38 bits per heavy atom. The Labute approximate surface area is 123 Å². The Bertz CT molecular complexity index is 580. The number of ether oxygens (including phenoxy) is 2. The summed E-state index contributed by atoms with van der Waals surface area (Å²) in [5.74, 6) is 1.20. The molecule has 112 valence electrons. The molecule has 2 aromatic heterocycles. The molecule has 7 nitrogen and oxygen atoms in total. The van der Waals surface area contributed by atoms with Crippen molar-refractivity contribution in [2.75, 3.05) is 25.6 Å². The predicted octanol–water partition coefficient (Wildman–Crippen LogP) is 1.46. The van der Waals surface area contributed by atoms with E-state index >= 15 is 0 Å². The normalized spacial score (nSPS) is 18.0. The van der Waals surface area contributed by atoms with Crippen LogP contribution in [-0.4, -0.2) is 40.5 Å². The van der Waals surface area contributed by atoms with Crippen molar-refractivity contribution >= 4 is 5.82 Å². The molecule has 1 atom stereocenters. The molecule has 0 amide bonds. The van der Waals surface area contributed by atoms with Crippen molar-refractivity contribution in [3.05, 3.63) is 35.5 Å². The maximum atomic E-state index is 5.40. The van der Waals surface area contributed by atoms with Crippen LogP contribution >= 0.6 is 0 Å². The second-order valence-corrected chi connectivity index (χ2v) is 5.06. The van der Waals surface area contributed by atoms with Crippen molar-refractivity contribution in [3.8, 4) is 0 Å². The zero-order valence-electron chi connectivity index (χ0n) is 12.0. The van der Waals surface area contributed by atoms with Gasteiger partial charge in [0.2, 0.25) is 0 Å². The average Bonchev–Trinajstić information content (AvgIpc) is 3.18. The number of methoxy groups -OCH3 is 1. The van der Waals surface area contributed by atoms with Crippen LogP contribution in [0.4, 0.5) is 5.82 Å². The molecule has 1 aliphatic rings. The molecular formula is C14H19N5O2. The maximum Gasteiger partial charge on any atom is 0.129 e. The van der Waals surface area contributed by atoms with E-state index in [-0.39, 0.29) is 0 Å². The van der Waals surface area contributed by atoms with Gasteiger partial charge in [-0.15, -0.1) is 0 Å². The van der Waals surface area contributed by atoms with Gasteiger partial charge >= 0.3 is 0 Å². The number of anilines is 1. The summed E-state index contributed by atoms with van der Waals surface area (Å²) in [4.78, 5) is 8.58. The van der Waals surface area contributed by atoms with Gasteiger partial charge in [-0.2, -0.15) is 5.10 Å². The molecule has 2 N–H and O–H groups in total. The zero-order valence-corrected chi connectivity index (χ0v) is 12.0. The van der Waals surface area contributed by atoms with Gasteiger partial charge in [-0.3, -0.25) is 5.10 Å². The molecule has 0 bridgehead atoms. The number of hydrogen-bond acceptors (Lipinski definition) is 6. The van der Waals surface area contributed by atoms with E-state index in [1.54, 1.807) is 13.4 Å². The van der Waals surface area contributed by atoms with Gasteiger partial charge in [0.25, 0.3) is 0 Å². The van der Waals surface area contributed by atoms with Crippen molar-refractivity contribution in [3.63, 3.8) is 0 Å². The number of nitrogens with one attached hydrogen (secondary N) is 2. The first-order chi connectivity index (χ1) is 10.3. The quantitative estimate of drug-likeness (QED) is 0.837. The molecular weight excluding hydrogens is 270 g/mol. The second kappa shape index (κ2) is 6.64. The Morgan fingerprint density at radius 1 is 1.43 bits per heavy atom. The highest BCUT2D eigenvalue weighted by Gasteiger charge is 2.19. The van der Waals surface area contributed by atoms with E-state index in [4.69, 9.17) is 9.47 Å². The summed E-state index contributed by atoms with van der Waals surface area (Å²) in [6.07, 6.45) is 2.62. The Balaban J connectivity index is 1.60. The minimum absolute atomic E-state index is 0.383. The van der Waals surface area contributed by atoms with Crippen molar-refractivity contribution in [2.45, 2.75) is 25.5 Å². The third kappa shape index (κ3) is 3.56. The number of rotatable bonds is 6. The number of hydrogen-bond donors (Lipinski definition) is 2. The Hall–Kier alpha value is -1.99. The summed E-state index contributed by atoms with van der Waals surface area (Å²) in [5.41, 5.74) is 2.92. The standard InChI is InChI=1S/C14H19N5O2/c1-20-8-12-4-11(18-19-12)6-15-14-5-13(16-9-17-14)10-2-3-21-7-10/h4-5,9-10H,2-3,6-8H2,1H3,(H,18,19)(H,15,16,17)/t10-/m0/s1. The van der Waals surface area contributed by atoms with E-state index < -0.39 is 0 Å². The van der Waals surface area contributed by atoms with Crippen LogP contribution in [0.5, 0.6) is 0 Å². The first kappa shape index (κ1) is 14.0. The fraction of sp³-hybridized carbons (Fsp3) is 0.500. The van der Waals surface area contributed by atoms with Gasteiger partial charge in [-0.1, -0.05) is 0 Å². The van der Waals surface area contributed by atoms with Gasteiger partial charge in [0.1, 0.15) is 12.1 Å². The first-order valence-electron chi connectivity index (χ1n) is 7.01. The van der Waals surface area contributed by atoms with E-state index in [0.717, 1.165) is 42.5 Å². The molecule has 3 heterocycles. The third-order valence-corrected chi connectivity index (χ3v) is 3.47. The van der Waals surface area contributed by atoms with Crippen LogP contribution < -0.4 is 5.32 Å². The zero-order chi connectivity index (χ0) is 14.5. The molecule has 0 aliphatic carbocycles. The summed E-state index contributed by atoms with van der Waals surface area (Å²) in [6.45, 7) is 2.70. The fourth-order valence-electron chi connectivity index (χ4n) is 2.37. The van der Waals surface area contributed by atoms with Crippen molar-refractivity contribution in [1.29, 1.82) is 0 Å². The van der Waals surface area contributed by atoms with Crippen LogP contribution in [0.3, 0.4) is 0 Å². The molecule has 1 saturated heterocycles. The van der Waals surface area contributed by atoms with E-state index in [1.165, 1.54) is 0 Å². The third-order valence-electron chi connectivity index (χ3n) is 3.47. The summed E-state index contributed by atoms with van der Waals surface area (Å²) in [7, 11) is 1.65. The monoisotopic (exact) mass is 289 g/mol. The molecule has 1 aliphatic heterocycles. The highest BCUT2D eigenvalue weighted by Crippen LogP contribution is 2.24. The topological polar surface area (TPSA) is 85.0 Å². The van der Waals surface area contributed by atoms with Gasteiger partial charge in [0, 0.05) is 25.7 Å². The van der Waals surface area contributed by atoms with Gasteiger partial charge in [0.15, 0.2) is 0 Å². The van der Waals surface area contributed by atoms with Gasteiger partial charge in [0.05, 0.1) is 36.8 Å². The van der Waals surface area contributed by atoms with E-state index in [2.05, 4.69) is 25.5 Å². The van der Waals surface area contributed by atoms with E-state index in [0.29, 0.717) is 19.1 Å².